The van der Waals surface area contributed by atoms with E-state index in [2.05, 4.69) is 15.4 Å². The molecule has 4 heterocycles. The Bertz CT molecular complexity index is 719. The van der Waals surface area contributed by atoms with Gasteiger partial charge in [0, 0.05) is 56.0 Å². The summed E-state index contributed by atoms with van der Waals surface area (Å²) < 4.78 is 16.1. The molecule has 2 aliphatic rings. The van der Waals surface area contributed by atoms with Gasteiger partial charge in [0.05, 0.1) is 6.26 Å². The zero-order valence-corrected chi connectivity index (χ0v) is 15.4. The van der Waals surface area contributed by atoms with Crippen LogP contribution in [0.3, 0.4) is 0 Å². The molecule has 4 rings (SSSR count). The standard InChI is InChI=1S/C18H23N3O4S/c22-17(14-12-16(25-20-14)15-2-1-7-24-15)19-13-18(3-8-23-9-4-18)21-5-10-26-11-6-21/h1-2,7,12H,3-6,8-11,13H2,(H,19,22). The number of ether oxygens (including phenoxy) is 1. The van der Waals surface area contributed by atoms with Gasteiger partial charge in [-0.2, -0.15) is 11.8 Å². The molecule has 0 aliphatic carbocycles. The van der Waals surface area contributed by atoms with Gasteiger partial charge in [-0.1, -0.05) is 5.16 Å². The molecule has 0 aromatic carbocycles. The monoisotopic (exact) mass is 377 g/mol. The van der Waals surface area contributed by atoms with E-state index in [-0.39, 0.29) is 17.1 Å². The Labute approximate surface area is 156 Å². The van der Waals surface area contributed by atoms with Crippen LogP contribution in [0.15, 0.2) is 33.4 Å². The SMILES string of the molecule is O=C(NCC1(N2CCSCC2)CCOCC1)c1cc(-c2ccco2)on1. The van der Waals surface area contributed by atoms with Crippen LogP contribution in [0.2, 0.25) is 0 Å². The second-order valence-electron chi connectivity index (χ2n) is 6.67. The summed E-state index contributed by atoms with van der Waals surface area (Å²) >= 11 is 1.99. The second kappa shape index (κ2) is 7.85. The Kier molecular flexibility index (Phi) is 5.33. The quantitative estimate of drug-likeness (QED) is 0.856. The molecule has 1 N–H and O–H groups in total. The van der Waals surface area contributed by atoms with Gasteiger partial charge in [0.15, 0.2) is 11.5 Å². The number of carbonyl (C=O) groups is 1. The molecule has 2 saturated heterocycles. The first-order valence-electron chi connectivity index (χ1n) is 8.96. The minimum atomic E-state index is -0.219. The first-order valence-corrected chi connectivity index (χ1v) is 10.1. The summed E-state index contributed by atoms with van der Waals surface area (Å²) in [7, 11) is 0. The number of carbonyl (C=O) groups excluding carboxylic acids is 1. The minimum absolute atomic E-state index is 0.0253. The Morgan fingerprint density at radius 2 is 2.08 bits per heavy atom. The van der Waals surface area contributed by atoms with Gasteiger partial charge in [0.2, 0.25) is 5.76 Å². The smallest absolute Gasteiger partial charge is 0.273 e. The fraction of sp³-hybridized carbons (Fsp3) is 0.556. The molecule has 140 valence electrons. The molecule has 2 fully saturated rings. The molecular formula is C18H23N3O4S. The van der Waals surface area contributed by atoms with E-state index in [0.717, 1.165) is 50.7 Å². The van der Waals surface area contributed by atoms with Gasteiger partial charge < -0.3 is 19.0 Å². The fourth-order valence-corrected chi connectivity index (χ4v) is 4.55. The molecule has 0 unspecified atom stereocenters. The number of nitrogens with zero attached hydrogens (tertiary/aromatic N) is 2. The number of thioether (sulfide) groups is 1. The molecule has 7 nitrogen and oxygen atoms in total. The van der Waals surface area contributed by atoms with Crippen molar-refractivity contribution < 1.29 is 18.5 Å². The van der Waals surface area contributed by atoms with Gasteiger partial charge >= 0.3 is 0 Å². The van der Waals surface area contributed by atoms with Crippen molar-refractivity contribution in [1.29, 1.82) is 0 Å². The lowest BCUT2D eigenvalue weighted by atomic mass is 9.87. The molecule has 0 spiro atoms. The molecule has 0 bridgehead atoms. The van der Waals surface area contributed by atoms with Crippen LogP contribution in [-0.4, -0.2) is 65.9 Å². The van der Waals surface area contributed by atoms with Crippen LogP contribution in [0.4, 0.5) is 0 Å². The third-order valence-corrected chi connectivity index (χ3v) is 6.13. The van der Waals surface area contributed by atoms with Crippen molar-refractivity contribution in [2.45, 2.75) is 18.4 Å². The molecule has 8 heteroatoms. The number of furan rings is 1. The van der Waals surface area contributed by atoms with Crippen LogP contribution in [0.25, 0.3) is 11.5 Å². The average Bonchev–Trinajstić information content (AvgIpc) is 3.39. The number of amides is 1. The number of hydrogen-bond acceptors (Lipinski definition) is 7. The summed E-state index contributed by atoms with van der Waals surface area (Å²) in [4.78, 5) is 15.1. The van der Waals surface area contributed by atoms with Crippen molar-refractivity contribution in [2.75, 3.05) is 44.4 Å². The first kappa shape index (κ1) is 17.6. The summed E-state index contributed by atoms with van der Waals surface area (Å²) in [6.07, 6.45) is 3.44. The minimum Gasteiger partial charge on any atom is -0.461 e. The first-order chi connectivity index (χ1) is 12.8. The van der Waals surface area contributed by atoms with E-state index in [1.165, 1.54) is 0 Å². The summed E-state index contributed by atoms with van der Waals surface area (Å²) in [5.41, 5.74) is 0.246. The maximum Gasteiger partial charge on any atom is 0.273 e. The normalized spacial score (nSPS) is 20.8. The van der Waals surface area contributed by atoms with Gasteiger partial charge in [0.25, 0.3) is 5.91 Å². The highest BCUT2D eigenvalue weighted by atomic mass is 32.2. The highest BCUT2D eigenvalue weighted by molar-refractivity contribution is 7.99. The molecule has 1 amide bonds. The Morgan fingerprint density at radius 3 is 2.81 bits per heavy atom. The Morgan fingerprint density at radius 1 is 1.27 bits per heavy atom. The van der Waals surface area contributed by atoms with Crippen molar-refractivity contribution in [3.05, 3.63) is 30.2 Å². The van der Waals surface area contributed by atoms with Crippen LogP contribution in [-0.2, 0) is 4.74 Å². The lowest BCUT2D eigenvalue weighted by Crippen LogP contribution is -2.60. The predicted octanol–water partition coefficient (Wildman–Crippen LogP) is 2.26. The molecule has 26 heavy (non-hydrogen) atoms. The number of nitrogens with one attached hydrogen (secondary N) is 1. The second-order valence-corrected chi connectivity index (χ2v) is 7.90. The molecular weight excluding hydrogens is 354 g/mol. The van der Waals surface area contributed by atoms with Crippen LogP contribution in [0.1, 0.15) is 23.3 Å². The van der Waals surface area contributed by atoms with Crippen molar-refractivity contribution >= 4 is 17.7 Å². The van der Waals surface area contributed by atoms with Gasteiger partial charge in [0.1, 0.15) is 0 Å². The van der Waals surface area contributed by atoms with Crippen molar-refractivity contribution in [2.24, 2.45) is 0 Å². The van der Waals surface area contributed by atoms with Gasteiger partial charge in [-0.05, 0) is 25.0 Å². The van der Waals surface area contributed by atoms with E-state index in [0.29, 0.717) is 18.1 Å². The third kappa shape index (κ3) is 3.67. The topological polar surface area (TPSA) is 80.7 Å². The van der Waals surface area contributed by atoms with E-state index < -0.39 is 0 Å². The fourth-order valence-electron chi connectivity index (χ4n) is 3.65. The summed E-state index contributed by atoms with van der Waals surface area (Å²) in [6.45, 7) is 4.21. The largest absolute Gasteiger partial charge is 0.461 e. The lowest BCUT2D eigenvalue weighted by Gasteiger charge is -2.47. The maximum atomic E-state index is 12.6. The molecule has 2 aromatic rings. The van der Waals surface area contributed by atoms with E-state index >= 15 is 0 Å². The summed E-state index contributed by atoms with van der Waals surface area (Å²) in [6, 6.07) is 5.15. The van der Waals surface area contributed by atoms with E-state index in [4.69, 9.17) is 13.7 Å². The Hall–Kier alpha value is -1.77. The van der Waals surface area contributed by atoms with E-state index in [9.17, 15) is 4.79 Å². The molecule has 2 aromatic heterocycles. The van der Waals surface area contributed by atoms with Gasteiger partial charge in [-0.3, -0.25) is 9.69 Å². The van der Waals surface area contributed by atoms with Crippen molar-refractivity contribution in [1.82, 2.24) is 15.4 Å². The van der Waals surface area contributed by atoms with E-state index in [1.807, 2.05) is 11.8 Å². The molecule has 0 saturated carbocycles. The molecule has 0 radical (unpaired) electrons. The van der Waals surface area contributed by atoms with Crippen LogP contribution < -0.4 is 5.32 Å². The van der Waals surface area contributed by atoms with Crippen LogP contribution >= 0.6 is 11.8 Å². The average molecular weight is 377 g/mol. The van der Waals surface area contributed by atoms with E-state index in [1.54, 1.807) is 24.5 Å². The molecule has 2 aliphatic heterocycles. The number of hydrogen-bond donors (Lipinski definition) is 1. The number of rotatable bonds is 5. The van der Waals surface area contributed by atoms with Crippen LogP contribution in [0.5, 0.6) is 0 Å². The molecule has 0 atom stereocenters. The van der Waals surface area contributed by atoms with Crippen molar-refractivity contribution in [3.8, 4) is 11.5 Å². The summed E-state index contributed by atoms with van der Waals surface area (Å²) in [5, 5.41) is 6.95. The maximum absolute atomic E-state index is 12.6. The zero-order valence-electron chi connectivity index (χ0n) is 14.6. The van der Waals surface area contributed by atoms with Gasteiger partial charge in [-0.25, -0.2) is 0 Å². The Balaban J connectivity index is 1.43. The third-order valence-electron chi connectivity index (χ3n) is 5.19. The van der Waals surface area contributed by atoms with Gasteiger partial charge in [-0.15, -0.1) is 0 Å². The number of aromatic nitrogens is 1. The lowest BCUT2D eigenvalue weighted by molar-refractivity contribution is -0.0237. The zero-order chi connectivity index (χ0) is 17.8. The van der Waals surface area contributed by atoms with Crippen molar-refractivity contribution in [3.63, 3.8) is 0 Å². The highest BCUT2D eigenvalue weighted by Gasteiger charge is 2.39. The summed E-state index contributed by atoms with van der Waals surface area (Å²) in [5.74, 6) is 3.08. The highest BCUT2D eigenvalue weighted by Crippen LogP contribution is 2.30. The predicted molar refractivity (Wildman–Crippen MR) is 98.2 cm³/mol. The van der Waals surface area contributed by atoms with Crippen LogP contribution in [0, 0.1) is 0 Å².